The molecule has 8 aromatic rings. The van der Waals surface area contributed by atoms with Crippen LogP contribution >= 0.6 is 0 Å². The van der Waals surface area contributed by atoms with Crippen molar-refractivity contribution in [2.24, 2.45) is 0 Å². The zero-order chi connectivity index (χ0) is 97.7. The van der Waals surface area contributed by atoms with Gasteiger partial charge in [-0.25, -0.2) is 21.6 Å². The summed E-state index contributed by atoms with van der Waals surface area (Å²) in [7, 11) is 0.887. The topological polar surface area (TPSA) is 273 Å². The number of nitrogens with zero attached hydrogens (tertiary/aromatic N) is 12. The SMILES string of the molecule is CC(=O)c1ccc2n1CCN(C)C21CCN(C(=O)c2ccc(S(=O)(=O)NC3CC3)cc2)CC1.CCC(=O)N1CCn2c(C(F)(F)F)ccc2C12CCN(C(=O)c1ccc(OC(C)C)c(C)c1)CC2.COc1cc(C(=O)N2CCC3(CC2)c2ccc(C(C)=O)n2CCN3C)ccc1OC(C)C.Cc1cc(C(=O)N2CCC3(CC2)c2ccc(CC(F)(F)F)n2CCN3C)ccc1S(=O)(=O)C(C)C.[HH]. The molecule has 4 spiro atoms. The quantitative estimate of drug-likeness (QED) is 0.0617. The number of fused-ring (bicyclic) bond motifs is 8. The Morgan fingerprint density at radius 3 is 1.24 bits per heavy atom. The van der Waals surface area contributed by atoms with Gasteiger partial charge in [0.25, 0.3) is 23.6 Å². The third kappa shape index (κ3) is 20.3. The highest BCUT2D eigenvalue weighted by Gasteiger charge is 2.53. The standard InChI is InChI=1S/C26H32F3N3O3.C25H32F3N3O3S.C25H33N3O4.C24H30N4O4S.H2/c1-5-23(33)32-15-14-31-21(8-9-22(31)26(27,28)29)25(32)10-12-30(13-11-25)24(34)19-6-7-20(18(4)16-19)35-17(2)3;1-17(2)35(33,34)21-7-5-19(15-18(21)3)23(32)30-11-9-24(10-12-30)22-8-6-20(16-25(26,27)28)31(22)14-13-29(24)4;1-17(2)32-21-8-6-19(16-22(21)31-5)24(30)27-12-10-25(11-13-27)23-9-7-20(18(3)29)28(23)15-14-26(25)4;1-17(29)21-9-10-22-24(26(2)15-16-28(21)22)11-13-27(14-12-24)23(30)18-3-7-20(8-4-18)33(31,32)25-19-5-6-19;/h6-9,16-17H,5,10-15H2,1-4H3;5-8,15,17H,9-14,16H2,1-4H3;6-9,16-17H,10-15H2,1-5H3;3-4,7-10,19,25H,5-6,11-16H2,1-2H3;1H. The zero-order valence-electron chi connectivity index (χ0n) is 79.9. The number of hydrogen-bond acceptors (Lipinski definition) is 17. The molecule has 0 atom stereocenters. The van der Waals surface area contributed by atoms with E-state index in [1.165, 1.54) is 34.5 Å². The molecule has 1 N–H and O–H groups in total. The van der Waals surface area contributed by atoms with Gasteiger partial charge in [-0.3, -0.25) is 48.3 Å². The van der Waals surface area contributed by atoms with Gasteiger partial charge in [0, 0.05) is 183 Å². The first-order valence-corrected chi connectivity index (χ1v) is 49.9. The summed E-state index contributed by atoms with van der Waals surface area (Å²) in [5.74, 6) is 1.66. The van der Waals surface area contributed by atoms with Crippen molar-refractivity contribution in [2.75, 3.05) is 107 Å². The lowest BCUT2D eigenvalue weighted by Gasteiger charge is -2.52. The van der Waals surface area contributed by atoms with E-state index in [1.54, 1.807) is 118 Å². The summed E-state index contributed by atoms with van der Waals surface area (Å²) >= 11 is 0. The normalized spacial score (nSPS) is 18.7. The molecule has 17 rings (SSSR count). The van der Waals surface area contributed by atoms with Crippen molar-refractivity contribution < 1.29 is 92.4 Å². The Hall–Kier alpha value is -10.6. The van der Waals surface area contributed by atoms with Crippen LogP contribution in [0.15, 0.2) is 137 Å². The molecule has 1 saturated carbocycles. The number of likely N-dealkylation sites (tertiary alicyclic amines) is 4. The number of sulfonamides is 1. The summed E-state index contributed by atoms with van der Waals surface area (Å²) in [5.41, 5.74) is 6.77. The number of piperidine rings is 4. The number of Topliss-reactive ketones (excluding diaryl/α,β-unsaturated/α-hetero) is 2. The molecule has 8 aliphatic heterocycles. The predicted octanol–water partition coefficient (Wildman–Crippen LogP) is 15.2. The smallest absolute Gasteiger partial charge is 0.431 e. The van der Waals surface area contributed by atoms with Crippen molar-refractivity contribution >= 4 is 61.0 Å². The number of aromatic nitrogens is 4. The second-order valence-corrected chi connectivity index (χ2v) is 42.3. The summed E-state index contributed by atoms with van der Waals surface area (Å²) in [6.07, 6.45) is -2.34. The van der Waals surface area contributed by atoms with E-state index in [-0.39, 0.29) is 107 Å². The second kappa shape index (κ2) is 39.5. The van der Waals surface area contributed by atoms with Crippen LogP contribution in [0, 0.1) is 13.8 Å². The number of carbonyl (C=O) groups excluding carboxylic acids is 7. The fourth-order valence-corrected chi connectivity index (χ4v) is 23.8. The zero-order valence-corrected chi connectivity index (χ0v) is 81.5. The molecule has 9 aliphatic rings. The molecule has 5 amide bonds. The Balaban J connectivity index is 0.000000153. The Labute approximate surface area is 788 Å². The number of carbonyl (C=O) groups is 7. The molecule has 5 fully saturated rings. The molecule has 12 heterocycles. The van der Waals surface area contributed by atoms with Gasteiger partial charge < -0.3 is 57.0 Å². The Morgan fingerprint density at radius 1 is 0.444 bits per heavy atom. The van der Waals surface area contributed by atoms with E-state index in [9.17, 15) is 76.7 Å². The van der Waals surface area contributed by atoms with Crippen molar-refractivity contribution in [3.8, 4) is 17.2 Å². The Kier molecular flexibility index (Phi) is 29.4. The minimum atomic E-state index is -4.46. The van der Waals surface area contributed by atoms with Crippen LogP contribution < -0.4 is 18.9 Å². The highest BCUT2D eigenvalue weighted by molar-refractivity contribution is 7.92. The van der Waals surface area contributed by atoms with Gasteiger partial charge in [0.05, 0.1) is 74.3 Å². The first-order valence-electron chi connectivity index (χ1n) is 46.9. The number of hydrogen-bond donors (Lipinski definition) is 1. The van der Waals surface area contributed by atoms with Gasteiger partial charge in [-0.15, -0.1) is 0 Å². The van der Waals surface area contributed by atoms with Crippen LogP contribution in [-0.4, -0.2) is 252 Å². The number of aryl methyl sites for hydroxylation is 2. The van der Waals surface area contributed by atoms with E-state index in [1.807, 2.05) is 86.4 Å². The maximum atomic E-state index is 13.6. The number of halogens is 6. The number of amides is 5. The molecule has 27 nitrogen and oxygen atoms in total. The van der Waals surface area contributed by atoms with Gasteiger partial charge in [0.1, 0.15) is 11.4 Å². The highest BCUT2D eigenvalue weighted by Crippen LogP contribution is 2.49. The minimum absolute atomic E-state index is 0. The lowest BCUT2D eigenvalue weighted by molar-refractivity contribution is -0.148. The number of nitrogens with one attached hydrogen (secondary N) is 1. The Bertz CT molecular complexity index is 6010. The van der Waals surface area contributed by atoms with Crippen molar-refractivity contribution in [1.82, 2.24) is 62.2 Å². The maximum Gasteiger partial charge on any atom is 0.431 e. The maximum absolute atomic E-state index is 13.6. The molecule has 0 radical (unpaired) electrons. The van der Waals surface area contributed by atoms with E-state index >= 15 is 0 Å². The van der Waals surface area contributed by atoms with Crippen LogP contribution in [0.3, 0.4) is 0 Å². The van der Waals surface area contributed by atoms with Crippen LogP contribution in [0.1, 0.15) is 242 Å². The van der Waals surface area contributed by atoms with Gasteiger partial charge >= 0.3 is 12.4 Å². The van der Waals surface area contributed by atoms with Crippen LogP contribution in [-0.2, 0) is 85.6 Å². The molecule has 35 heteroatoms. The number of alkyl halides is 6. The van der Waals surface area contributed by atoms with Crippen LogP contribution in [0.25, 0.3) is 0 Å². The number of methoxy groups -OCH3 is 1. The molecule has 135 heavy (non-hydrogen) atoms. The first kappa shape index (κ1) is 100. The molecule has 1 aliphatic carbocycles. The lowest BCUT2D eigenvalue weighted by Crippen LogP contribution is -2.59. The molecule has 0 bridgehead atoms. The van der Waals surface area contributed by atoms with Crippen molar-refractivity contribution in [3.63, 3.8) is 0 Å². The Morgan fingerprint density at radius 2 is 0.830 bits per heavy atom. The lowest BCUT2D eigenvalue weighted by atomic mass is 9.80. The van der Waals surface area contributed by atoms with Gasteiger partial charge in [0.2, 0.25) is 15.9 Å². The van der Waals surface area contributed by atoms with Crippen molar-refractivity contribution in [1.29, 1.82) is 0 Å². The van der Waals surface area contributed by atoms with Gasteiger partial charge in [0.15, 0.2) is 32.9 Å². The summed E-state index contributed by atoms with van der Waals surface area (Å²) in [6.45, 7) is 28.7. The molecule has 0 unspecified atom stereocenters. The van der Waals surface area contributed by atoms with E-state index < -0.39 is 60.7 Å². The monoisotopic (exact) mass is 1910 g/mol. The molecule has 4 saturated heterocycles. The predicted molar refractivity (Wildman–Crippen MR) is 501 cm³/mol. The number of ketones is 2. The summed E-state index contributed by atoms with van der Waals surface area (Å²) in [6, 6.07) is 35.7. The number of benzene rings is 4. The molecule has 4 aromatic carbocycles. The van der Waals surface area contributed by atoms with Gasteiger partial charge in [-0.1, -0.05) is 6.92 Å². The minimum Gasteiger partial charge on any atom is -0.493 e. The average Bonchev–Trinajstić information content (AvgIpc) is 1.53. The molecule has 4 aromatic heterocycles. The third-order valence-electron chi connectivity index (χ3n) is 28.9. The molecular weight excluding hydrogens is 1790 g/mol. The number of likely N-dealkylation sites (N-methyl/N-ethyl adjacent to an activating group) is 3. The van der Waals surface area contributed by atoms with Crippen molar-refractivity contribution in [2.45, 2.75) is 247 Å². The molecule has 732 valence electrons. The van der Waals surface area contributed by atoms with E-state index in [0.29, 0.717) is 136 Å². The largest absolute Gasteiger partial charge is 0.493 e. The van der Waals surface area contributed by atoms with Crippen molar-refractivity contribution in [3.05, 3.63) is 206 Å². The summed E-state index contributed by atoms with van der Waals surface area (Å²) < 4.78 is 157. The highest BCUT2D eigenvalue weighted by atomic mass is 32.2. The fraction of sp³-hybridized carbons (Fsp3) is 0.530. The number of sulfone groups is 1. The number of rotatable bonds is 18. The average molecular weight is 1920 g/mol. The summed E-state index contributed by atoms with van der Waals surface area (Å²) in [5, 5.41) is -0.552. The van der Waals surface area contributed by atoms with Crippen LogP contribution in [0.4, 0.5) is 26.3 Å². The number of ether oxygens (including phenoxy) is 3. The van der Waals surface area contributed by atoms with Gasteiger partial charge in [-0.05, 0) is 279 Å². The summed E-state index contributed by atoms with van der Waals surface area (Å²) in [4.78, 5) is 106. The van der Waals surface area contributed by atoms with E-state index in [0.717, 1.165) is 105 Å². The fourth-order valence-electron chi connectivity index (χ4n) is 21.3. The van der Waals surface area contributed by atoms with E-state index in [4.69, 9.17) is 14.2 Å². The van der Waals surface area contributed by atoms with E-state index in [2.05, 4.69) is 54.8 Å². The second-order valence-electron chi connectivity index (χ2n) is 38.2. The van der Waals surface area contributed by atoms with Crippen LogP contribution in [0.5, 0.6) is 17.2 Å². The van der Waals surface area contributed by atoms with Gasteiger partial charge in [-0.2, -0.15) is 26.3 Å². The first-order chi connectivity index (χ1) is 63.7. The van der Waals surface area contributed by atoms with Crippen LogP contribution in [0.2, 0.25) is 0 Å². The molecular formula is C100H129F6N13O14S2. The third-order valence-corrected chi connectivity index (χ3v) is 32.7.